The molecule has 0 aliphatic heterocycles. The van der Waals surface area contributed by atoms with Crippen molar-refractivity contribution in [3.8, 4) is 17.6 Å². The van der Waals surface area contributed by atoms with Gasteiger partial charge in [-0.1, -0.05) is 32.1 Å². The van der Waals surface area contributed by atoms with Gasteiger partial charge in [0.25, 0.3) is 5.91 Å². The number of nitrogens with zero attached hydrogens (tertiary/aromatic N) is 1. The van der Waals surface area contributed by atoms with Crippen LogP contribution in [0, 0.1) is 16.7 Å². The summed E-state index contributed by atoms with van der Waals surface area (Å²) in [4.78, 5) is 24.6. The molecule has 1 aromatic rings. The first-order valence-corrected chi connectivity index (χ1v) is 11.7. The van der Waals surface area contributed by atoms with Crippen LogP contribution in [0.25, 0.3) is 0 Å². The monoisotopic (exact) mass is 442 g/mol. The number of hydrogen-bond donors (Lipinski definition) is 2. The van der Waals surface area contributed by atoms with Gasteiger partial charge in [0.05, 0.1) is 29.8 Å². The molecule has 0 bridgehead atoms. The van der Waals surface area contributed by atoms with Gasteiger partial charge >= 0.3 is 5.97 Å². The number of nitrogens with one attached hydrogen (secondary N) is 1. The molecule has 0 saturated heterocycles. The number of methoxy groups -OCH3 is 1. The van der Waals surface area contributed by atoms with Crippen LogP contribution in [0.1, 0.15) is 93.5 Å². The quantitative estimate of drug-likeness (QED) is 0.654. The van der Waals surface area contributed by atoms with Crippen molar-refractivity contribution in [2.45, 2.75) is 89.7 Å². The number of hydrogen-bond acceptors (Lipinski definition) is 5. The summed E-state index contributed by atoms with van der Waals surface area (Å²) in [6, 6.07) is 5.41. The summed E-state index contributed by atoms with van der Waals surface area (Å²) in [5.74, 6) is -0.311. The summed E-state index contributed by atoms with van der Waals surface area (Å²) in [6.45, 7) is 1.76. The Morgan fingerprint density at radius 3 is 2.25 bits per heavy atom. The smallest absolute Gasteiger partial charge is 0.309 e. The molecule has 0 spiro atoms. The molecule has 2 fully saturated rings. The van der Waals surface area contributed by atoms with Crippen LogP contribution in [-0.4, -0.2) is 36.2 Å². The molecular formula is C25H34N2O5. The number of amides is 1. The van der Waals surface area contributed by atoms with Crippen LogP contribution in [0.5, 0.6) is 11.5 Å². The van der Waals surface area contributed by atoms with E-state index in [9.17, 15) is 20.0 Å². The predicted octanol–water partition coefficient (Wildman–Crippen LogP) is 4.82. The second kappa shape index (κ2) is 10.7. The van der Waals surface area contributed by atoms with Gasteiger partial charge in [-0.05, 0) is 51.5 Å². The molecule has 2 N–H and O–H groups in total. The van der Waals surface area contributed by atoms with Crippen molar-refractivity contribution in [1.29, 1.82) is 5.26 Å². The molecule has 2 aliphatic carbocycles. The van der Waals surface area contributed by atoms with Gasteiger partial charge in [0.15, 0.2) is 0 Å². The first kappa shape index (κ1) is 23.9. The Labute approximate surface area is 190 Å². The highest BCUT2D eigenvalue weighted by Gasteiger charge is 2.38. The van der Waals surface area contributed by atoms with Gasteiger partial charge in [-0.2, -0.15) is 5.26 Å². The topological polar surface area (TPSA) is 109 Å². The maximum absolute atomic E-state index is 13.1. The Bertz CT molecular complexity index is 860. The molecule has 2 aliphatic rings. The standard InChI is InChI=1S/C25H34N2O5/c1-25(24(29)30)12-10-19(11-13-25)32-21-15-20(22(31-2)14-17(21)16-26)23(28)27-18-8-6-4-3-5-7-9-18/h14-15,18-19H,3-13H2,1-2H3,(H,27,28)(H,29,30)/t19-,25+. The van der Waals surface area contributed by atoms with Crippen LogP contribution in [0.15, 0.2) is 12.1 Å². The minimum absolute atomic E-state index is 0.138. The number of carbonyl (C=O) groups excluding carboxylic acids is 1. The molecule has 0 aromatic heterocycles. The van der Waals surface area contributed by atoms with Crippen LogP contribution in [0.4, 0.5) is 0 Å². The number of carboxylic acid groups (broad SMARTS) is 1. The van der Waals surface area contributed by atoms with Crippen LogP contribution in [-0.2, 0) is 4.79 Å². The molecule has 7 nitrogen and oxygen atoms in total. The fourth-order valence-electron chi connectivity index (χ4n) is 4.69. The van der Waals surface area contributed by atoms with Crippen molar-refractivity contribution in [3.63, 3.8) is 0 Å². The molecule has 32 heavy (non-hydrogen) atoms. The number of ether oxygens (including phenoxy) is 2. The number of rotatable bonds is 6. The van der Waals surface area contributed by atoms with Crippen LogP contribution in [0.2, 0.25) is 0 Å². The van der Waals surface area contributed by atoms with E-state index in [1.807, 2.05) is 0 Å². The van der Waals surface area contributed by atoms with E-state index in [4.69, 9.17) is 9.47 Å². The zero-order valence-electron chi connectivity index (χ0n) is 19.1. The van der Waals surface area contributed by atoms with E-state index in [0.717, 1.165) is 25.7 Å². The predicted molar refractivity (Wildman–Crippen MR) is 120 cm³/mol. The van der Waals surface area contributed by atoms with Gasteiger partial charge in [0.2, 0.25) is 0 Å². The van der Waals surface area contributed by atoms with Crippen molar-refractivity contribution < 1.29 is 24.2 Å². The van der Waals surface area contributed by atoms with Crippen molar-refractivity contribution in [3.05, 3.63) is 23.3 Å². The Morgan fingerprint density at radius 1 is 1.06 bits per heavy atom. The minimum atomic E-state index is -0.786. The zero-order valence-corrected chi connectivity index (χ0v) is 19.1. The normalized spacial score (nSPS) is 24.5. The maximum atomic E-state index is 13.1. The van der Waals surface area contributed by atoms with E-state index < -0.39 is 11.4 Å². The Morgan fingerprint density at radius 2 is 1.69 bits per heavy atom. The fourth-order valence-corrected chi connectivity index (χ4v) is 4.69. The molecule has 0 radical (unpaired) electrons. The summed E-state index contributed by atoms with van der Waals surface area (Å²) >= 11 is 0. The Hall–Kier alpha value is -2.75. The second-order valence-corrected chi connectivity index (χ2v) is 9.36. The van der Waals surface area contributed by atoms with Crippen LogP contribution >= 0.6 is 0 Å². The SMILES string of the molecule is COc1cc(C#N)c(O[C@H]2CC[C@@](C)(C(=O)O)CC2)cc1C(=O)NC1CCCCCCC1. The first-order valence-electron chi connectivity index (χ1n) is 11.7. The van der Waals surface area contributed by atoms with Gasteiger partial charge < -0.3 is 19.9 Å². The molecule has 1 aromatic carbocycles. The molecule has 0 atom stereocenters. The number of nitriles is 1. The third-order valence-corrected chi connectivity index (χ3v) is 6.95. The molecule has 0 unspecified atom stereocenters. The summed E-state index contributed by atoms with van der Waals surface area (Å²) in [5, 5.41) is 22.2. The summed E-state index contributed by atoms with van der Waals surface area (Å²) in [7, 11) is 1.48. The van der Waals surface area contributed by atoms with E-state index in [2.05, 4.69) is 11.4 Å². The van der Waals surface area contributed by atoms with E-state index in [-0.39, 0.29) is 18.1 Å². The van der Waals surface area contributed by atoms with E-state index in [1.165, 1.54) is 26.4 Å². The average Bonchev–Trinajstić information content (AvgIpc) is 2.76. The number of carbonyl (C=O) groups is 2. The minimum Gasteiger partial charge on any atom is -0.496 e. The van der Waals surface area contributed by atoms with Gasteiger partial charge in [-0.15, -0.1) is 0 Å². The zero-order chi connectivity index (χ0) is 23.1. The highest BCUT2D eigenvalue weighted by Crippen LogP contribution is 2.38. The number of benzene rings is 1. The van der Waals surface area contributed by atoms with Crippen LogP contribution < -0.4 is 14.8 Å². The van der Waals surface area contributed by atoms with Crippen molar-refractivity contribution in [2.75, 3.05) is 7.11 Å². The second-order valence-electron chi connectivity index (χ2n) is 9.36. The van der Waals surface area contributed by atoms with Gasteiger partial charge in [0, 0.05) is 12.1 Å². The Kier molecular flexibility index (Phi) is 8.00. The molecule has 7 heteroatoms. The van der Waals surface area contributed by atoms with Gasteiger partial charge in [0.1, 0.15) is 17.6 Å². The largest absolute Gasteiger partial charge is 0.496 e. The van der Waals surface area contributed by atoms with E-state index in [0.29, 0.717) is 48.3 Å². The molecule has 1 amide bonds. The molecular weight excluding hydrogens is 408 g/mol. The highest BCUT2D eigenvalue weighted by molar-refractivity contribution is 5.98. The number of carboxylic acids is 1. The molecule has 0 heterocycles. The summed E-state index contributed by atoms with van der Waals surface area (Å²) in [6.07, 6.45) is 9.84. The average molecular weight is 443 g/mol. The maximum Gasteiger partial charge on any atom is 0.309 e. The van der Waals surface area contributed by atoms with E-state index in [1.54, 1.807) is 19.1 Å². The third kappa shape index (κ3) is 5.73. The highest BCUT2D eigenvalue weighted by atomic mass is 16.5. The molecule has 174 valence electrons. The fraction of sp³-hybridized carbons (Fsp3) is 0.640. The molecule has 2 saturated carbocycles. The first-order chi connectivity index (χ1) is 15.4. The van der Waals surface area contributed by atoms with Gasteiger partial charge in [-0.3, -0.25) is 9.59 Å². The Balaban J connectivity index is 1.76. The van der Waals surface area contributed by atoms with Crippen molar-refractivity contribution in [2.24, 2.45) is 5.41 Å². The lowest BCUT2D eigenvalue weighted by Crippen LogP contribution is -2.36. The summed E-state index contributed by atoms with van der Waals surface area (Å²) < 4.78 is 11.5. The lowest BCUT2D eigenvalue weighted by atomic mass is 9.75. The summed E-state index contributed by atoms with van der Waals surface area (Å²) in [5.41, 5.74) is -0.0776. The third-order valence-electron chi connectivity index (χ3n) is 6.95. The number of aliphatic carboxylic acids is 1. The molecule has 3 rings (SSSR count). The van der Waals surface area contributed by atoms with E-state index >= 15 is 0 Å². The van der Waals surface area contributed by atoms with Crippen LogP contribution in [0.3, 0.4) is 0 Å². The lowest BCUT2D eigenvalue weighted by Gasteiger charge is -2.34. The van der Waals surface area contributed by atoms with Crippen molar-refractivity contribution in [1.82, 2.24) is 5.32 Å². The van der Waals surface area contributed by atoms with Gasteiger partial charge in [-0.25, -0.2) is 0 Å². The lowest BCUT2D eigenvalue weighted by molar-refractivity contribution is -0.150. The van der Waals surface area contributed by atoms with Crippen molar-refractivity contribution >= 4 is 11.9 Å².